The lowest BCUT2D eigenvalue weighted by Crippen LogP contribution is -2.36. The number of halogens is 1. The molecule has 2 aromatic rings. The van der Waals surface area contributed by atoms with Crippen molar-refractivity contribution in [1.82, 2.24) is 4.90 Å². The number of carboxylic acid groups (broad SMARTS) is 1. The molecule has 0 spiro atoms. The standard InChI is InChI=1S/C17H16FNO4/c18-13-4-1-3-11(7-13)8-14-5-2-6-19(14)16(20)15-9-12(10-23-15)17(21)22/h1,3-4,7,9-10,14H,2,5-6,8H2,(H,21,22). The van der Waals surface area contributed by atoms with E-state index < -0.39 is 5.97 Å². The fraction of sp³-hybridized carbons (Fsp3) is 0.294. The Kier molecular flexibility index (Phi) is 4.14. The Labute approximate surface area is 132 Å². The molecule has 1 unspecified atom stereocenters. The van der Waals surface area contributed by atoms with Crippen LogP contribution in [0.15, 0.2) is 41.0 Å². The summed E-state index contributed by atoms with van der Waals surface area (Å²) in [4.78, 5) is 25.1. The highest BCUT2D eigenvalue weighted by Crippen LogP contribution is 2.24. The van der Waals surface area contributed by atoms with Crippen LogP contribution in [0.4, 0.5) is 4.39 Å². The monoisotopic (exact) mass is 317 g/mol. The van der Waals surface area contributed by atoms with Crippen LogP contribution in [0.2, 0.25) is 0 Å². The van der Waals surface area contributed by atoms with Gasteiger partial charge in [-0.3, -0.25) is 4.79 Å². The number of hydrogen-bond acceptors (Lipinski definition) is 3. The Hall–Kier alpha value is -2.63. The molecule has 0 bridgehead atoms. The van der Waals surface area contributed by atoms with E-state index in [2.05, 4.69) is 0 Å². The maximum absolute atomic E-state index is 13.3. The third-order valence-corrected chi connectivity index (χ3v) is 4.06. The minimum absolute atomic E-state index is 0.0218. The van der Waals surface area contributed by atoms with Gasteiger partial charge in [0.1, 0.15) is 12.1 Å². The molecule has 0 aliphatic carbocycles. The van der Waals surface area contributed by atoms with Gasteiger partial charge in [0, 0.05) is 18.7 Å². The number of rotatable bonds is 4. The smallest absolute Gasteiger partial charge is 0.338 e. The Morgan fingerprint density at radius 1 is 1.35 bits per heavy atom. The van der Waals surface area contributed by atoms with E-state index in [1.807, 2.05) is 6.07 Å². The summed E-state index contributed by atoms with van der Waals surface area (Å²) in [7, 11) is 0. The van der Waals surface area contributed by atoms with Gasteiger partial charge in [0.05, 0.1) is 5.56 Å². The first kappa shape index (κ1) is 15.3. The van der Waals surface area contributed by atoms with Crippen molar-refractivity contribution in [1.29, 1.82) is 0 Å². The molecule has 1 aromatic carbocycles. The fourth-order valence-electron chi connectivity index (χ4n) is 2.95. The van der Waals surface area contributed by atoms with Gasteiger partial charge in [-0.1, -0.05) is 12.1 Å². The van der Waals surface area contributed by atoms with E-state index in [-0.39, 0.29) is 29.1 Å². The van der Waals surface area contributed by atoms with Crippen LogP contribution in [0.3, 0.4) is 0 Å². The zero-order chi connectivity index (χ0) is 16.4. The first-order valence-corrected chi connectivity index (χ1v) is 7.42. The average Bonchev–Trinajstić information content (AvgIpc) is 3.15. The summed E-state index contributed by atoms with van der Waals surface area (Å²) in [6.07, 6.45) is 3.32. The highest BCUT2D eigenvalue weighted by Gasteiger charge is 2.31. The van der Waals surface area contributed by atoms with Crippen molar-refractivity contribution >= 4 is 11.9 Å². The third-order valence-electron chi connectivity index (χ3n) is 4.06. The molecule has 23 heavy (non-hydrogen) atoms. The van der Waals surface area contributed by atoms with E-state index >= 15 is 0 Å². The second-order valence-corrected chi connectivity index (χ2v) is 5.63. The number of amides is 1. The molecule has 1 aromatic heterocycles. The van der Waals surface area contributed by atoms with Gasteiger partial charge in [-0.25, -0.2) is 9.18 Å². The fourth-order valence-corrected chi connectivity index (χ4v) is 2.95. The molecule has 5 nitrogen and oxygen atoms in total. The summed E-state index contributed by atoms with van der Waals surface area (Å²) < 4.78 is 18.4. The lowest BCUT2D eigenvalue weighted by molar-refractivity contribution is 0.0690. The van der Waals surface area contributed by atoms with Crippen LogP contribution in [-0.2, 0) is 6.42 Å². The average molecular weight is 317 g/mol. The Bertz CT molecular complexity index is 740. The van der Waals surface area contributed by atoms with Crippen molar-refractivity contribution in [3.8, 4) is 0 Å². The number of nitrogens with zero attached hydrogens (tertiary/aromatic N) is 1. The second kappa shape index (κ2) is 6.24. The summed E-state index contributed by atoms with van der Waals surface area (Å²) in [5.41, 5.74) is 0.787. The summed E-state index contributed by atoms with van der Waals surface area (Å²) in [5.74, 6) is -1.73. The molecular weight excluding hydrogens is 301 g/mol. The second-order valence-electron chi connectivity index (χ2n) is 5.63. The third kappa shape index (κ3) is 3.26. The van der Waals surface area contributed by atoms with Crippen LogP contribution in [0.25, 0.3) is 0 Å². The Balaban J connectivity index is 1.75. The van der Waals surface area contributed by atoms with E-state index in [1.165, 1.54) is 18.2 Å². The zero-order valence-electron chi connectivity index (χ0n) is 12.4. The number of benzene rings is 1. The predicted molar refractivity (Wildman–Crippen MR) is 79.8 cm³/mol. The van der Waals surface area contributed by atoms with Gasteiger partial charge >= 0.3 is 5.97 Å². The molecule has 2 heterocycles. The number of hydrogen-bond donors (Lipinski definition) is 1. The molecule has 1 saturated heterocycles. The van der Waals surface area contributed by atoms with Gasteiger partial charge in [0.15, 0.2) is 5.76 Å². The van der Waals surface area contributed by atoms with Crippen molar-refractivity contribution in [2.75, 3.05) is 6.54 Å². The van der Waals surface area contributed by atoms with E-state index in [9.17, 15) is 14.0 Å². The van der Waals surface area contributed by atoms with Crippen LogP contribution in [-0.4, -0.2) is 34.5 Å². The minimum atomic E-state index is -1.13. The number of aromatic carboxylic acids is 1. The van der Waals surface area contributed by atoms with E-state index in [0.29, 0.717) is 13.0 Å². The largest absolute Gasteiger partial charge is 0.478 e. The van der Waals surface area contributed by atoms with Gasteiger partial charge in [0.2, 0.25) is 0 Å². The quantitative estimate of drug-likeness (QED) is 0.941. The van der Waals surface area contributed by atoms with Crippen LogP contribution in [0.5, 0.6) is 0 Å². The summed E-state index contributed by atoms with van der Waals surface area (Å²) in [6.45, 7) is 0.585. The van der Waals surface area contributed by atoms with Gasteiger partial charge in [0.25, 0.3) is 5.91 Å². The highest BCUT2D eigenvalue weighted by molar-refractivity contribution is 5.95. The molecule has 120 valence electrons. The minimum Gasteiger partial charge on any atom is -0.478 e. The number of likely N-dealkylation sites (tertiary alicyclic amines) is 1. The normalized spacial score (nSPS) is 17.4. The van der Waals surface area contributed by atoms with Crippen molar-refractivity contribution in [2.24, 2.45) is 0 Å². The molecule has 1 aliphatic heterocycles. The maximum Gasteiger partial charge on any atom is 0.338 e. The first-order valence-electron chi connectivity index (χ1n) is 7.42. The number of carboxylic acids is 1. The van der Waals surface area contributed by atoms with Crippen LogP contribution < -0.4 is 0 Å². The topological polar surface area (TPSA) is 70.7 Å². The van der Waals surface area contributed by atoms with E-state index in [4.69, 9.17) is 9.52 Å². The molecule has 3 rings (SSSR count). The first-order chi connectivity index (χ1) is 11.0. The van der Waals surface area contributed by atoms with Gasteiger partial charge < -0.3 is 14.4 Å². The number of furan rings is 1. The number of carbonyl (C=O) groups is 2. The molecule has 1 atom stereocenters. The Morgan fingerprint density at radius 2 is 2.17 bits per heavy atom. The summed E-state index contributed by atoms with van der Waals surface area (Å²) in [5, 5.41) is 8.90. The van der Waals surface area contributed by atoms with Gasteiger partial charge in [-0.2, -0.15) is 0 Å². The predicted octanol–water partition coefficient (Wildman–Crippen LogP) is 2.96. The van der Waals surface area contributed by atoms with Gasteiger partial charge in [-0.05, 0) is 37.0 Å². The molecular formula is C17H16FNO4. The molecule has 0 radical (unpaired) electrons. The van der Waals surface area contributed by atoms with Crippen molar-refractivity contribution < 1.29 is 23.5 Å². The molecule has 6 heteroatoms. The van der Waals surface area contributed by atoms with Crippen molar-refractivity contribution in [3.63, 3.8) is 0 Å². The molecule has 0 saturated carbocycles. The molecule has 1 amide bonds. The number of carbonyl (C=O) groups excluding carboxylic acids is 1. The molecule has 1 N–H and O–H groups in total. The zero-order valence-corrected chi connectivity index (χ0v) is 12.4. The van der Waals surface area contributed by atoms with E-state index in [1.54, 1.807) is 11.0 Å². The van der Waals surface area contributed by atoms with Crippen LogP contribution in [0.1, 0.15) is 39.3 Å². The summed E-state index contributed by atoms with van der Waals surface area (Å²) >= 11 is 0. The molecule has 1 aliphatic rings. The highest BCUT2D eigenvalue weighted by atomic mass is 19.1. The van der Waals surface area contributed by atoms with Gasteiger partial charge in [-0.15, -0.1) is 0 Å². The van der Waals surface area contributed by atoms with Crippen molar-refractivity contribution in [2.45, 2.75) is 25.3 Å². The van der Waals surface area contributed by atoms with Crippen LogP contribution in [0, 0.1) is 5.82 Å². The molecule has 1 fully saturated rings. The Morgan fingerprint density at radius 3 is 2.87 bits per heavy atom. The van der Waals surface area contributed by atoms with E-state index in [0.717, 1.165) is 24.7 Å². The SMILES string of the molecule is O=C(O)c1coc(C(=O)N2CCCC2Cc2cccc(F)c2)c1. The lowest BCUT2D eigenvalue weighted by atomic mass is 10.0. The van der Waals surface area contributed by atoms with Crippen molar-refractivity contribution in [3.05, 3.63) is 59.3 Å². The lowest BCUT2D eigenvalue weighted by Gasteiger charge is -2.23. The van der Waals surface area contributed by atoms with Crippen LogP contribution >= 0.6 is 0 Å². The summed E-state index contributed by atoms with van der Waals surface area (Å²) in [6, 6.07) is 7.54. The maximum atomic E-state index is 13.3.